The van der Waals surface area contributed by atoms with Crippen LogP contribution in [0.5, 0.6) is 0 Å². The van der Waals surface area contributed by atoms with Gasteiger partial charge in [0.25, 0.3) is 0 Å². The summed E-state index contributed by atoms with van der Waals surface area (Å²) in [7, 11) is 0. The van der Waals surface area contributed by atoms with E-state index in [0.717, 1.165) is 13.2 Å². The van der Waals surface area contributed by atoms with Crippen LogP contribution >= 0.6 is 0 Å². The molecule has 0 aliphatic heterocycles. The molecule has 0 heterocycles. The van der Waals surface area contributed by atoms with Gasteiger partial charge in [-0.2, -0.15) is 0 Å². The molecule has 1 rings (SSSR count). The standard InChI is InChI=1S/C10H19O2/c1-3-11-10(12-4-2)9-7-5-6-8-9/h10H,3-8H2,1-2H3. The molecule has 0 aromatic carbocycles. The maximum absolute atomic E-state index is 5.51. The van der Waals surface area contributed by atoms with Crippen LogP contribution in [-0.4, -0.2) is 19.5 Å². The largest absolute Gasteiger partial charge is 0.352 e. The van der Waals surface area contributed by atoms with Gasteiger partial charge in [-0.05, 0) is 26.7 Å². The van der Waals surface area contributed by atoms with Crippen LogP contribution < -0.4 is 0 Å². The molecule has 0 unspecified atom stereocenters. The Labute approximate surface area is 75.2 Å². The van der Waals surface area contributed by atoms with Gasteiger partial charge in [0, 0.05) is 19.1 Å². The van der Waals surface area contributed by atoms with Crippen molar-refractivity contribution >= 4 is 0 Å². The van der Waals surface area contributed by atoms with Crippen molar-refractivity contribution in [3.05, 3.63) is 5.92 Å². The molecule has 0 aromatic heterocycles. The molecule has 0 bridgehead atoms. The highest BCUT2D eigenvalue weighted by molar-refractivity contribution is 4.98. The van der Waals surface area contributed by atoms with E-state index < -0.39 is 0 Å². The summed E-state index contributed by atoms with van der Waals surface area (Å²) >= 11 is 0. The summed E-state index contributed by atoms with van der Waals surface area (Å²) in [6.45, 7) is 5.52. The van der Waals surface area contributed by atoms with Crippen LogP contribution in [-0.2, 0) is 9.47 Å². The summed E-state index contributed by atoms with van der Waals surface area (Å²) in [5.74, 6) is 1.46. The van der Waals surface area contributed by atoms with Gasteiger partial charge in [-0.15, -0.1) is 0 Å². The zero-order valence-corrected chi connectivity index (χ0v) is 8.14. The van der Waals surface area contributed by atoms with E-state index in [-0.39, 0.29) is 6.29 Å². The normalized spacial score (nSPS) is 19.2. The van der Waals surface area contributed by atoms with E-state index in [1.54, 1.807) is 0 Å². The SMILES string of the molecule is CCOC(OCC)[C]1CCCC1. The first-order valence-corrected chi connectivity index (χ1v) is 4.96. The minimum Gasteiger partial charge on any atom is -0.352 e. The second-order valence-electron chi connectivity index (χ2n) is 3.11. The molecule has 1 saturated carbocycles. The molecule has 12 heavy (non-hydrogen) atoms. The van der Waals surface area contributed by atoms with Crippen LogP contribution in [0.25, 0.3) is 0 Å². The van der Waals surface area contributed by atoms with Crippen molar-refractivity contribution in [2.75, 3.05) is 13.2 Å². The lowest BCUT2D eigenvalue weighted by Gasteiger charge is -2.22. The quantitative estimate of drug-likeness (QED) is 0.592. The van der Waals surface area contributed by atoms with Crippen LogP contribution in [0.1, 0.15) is 39.5 Å². The third-order valence-corrected chi connectivity index (χ3v) is 2.22. The second-order valence-corrected chi connectivity index (χ2v) is 3.11. The smallest absolute Gasteiger partial charge is 0.163 e. The van der Waals surface area contributed by atoms with E-state index >= 15 is 0 Å². The highest BCUT2D eigenvalue weighted by Gasteiger charge is 2.26. The van der Waals surface area contributed by atoms with Crippen molar-refractivity contribution in [1.29, 1.82) is 0 Å². The van der Waals surface area contributed by atoms with Crippen molar-refractivity contribution in [3.63, 3.8) is 0 Å². The second kappa shape index (κ2) is 5.55. The summed E-state index contributed by atoms with van der Waals surface area (Å²) in [6.07, 6.45) is 5.01. The molecular weight excluding hydrogens is 152 g/mol. The molecule has 0 aromatic rings. The third-order valence-electron chi connectivity index (χ3n) is 2.22. The molecule has 0 atom stereocenters. The van der Waals surface area contributed by atoms with Crippen molar-refractivity contribution in [3.8, 4) is 0 Å². The molecule has 0 N–H and O–H groups in total. The highest BCUT2D eigenvalue weighted by Crippen LogP contribution is 2.31. The number of hydrogen-bond acceptors (Lipinski definition) is 2. The van der Waals surface area contributed by atoms with Crippen molar-refractivity contribution in [2.45, 2.75) is 45.8 Å². The molecule has 2 heteroatoms. The van der Waals surface area contributed by atoms with Crippen molar-refractivity contribution in [1.82, 2.24) is 0 Å². The van der Waals surface area contributed by atoms with E-state index in [0.29, 0.717) is 0 Å². The number of ether oxygens (including phenoxy) is 2. The Bertz CT molecular complexity index is 102. The summed E-state index contributed by atoms with van der Waals surface area (Å²) in [5.41, 5.74) is 0. The zero-order chi connectivity index (χ0) is 8.81. The number of hydrogen-bond donors (Lipinski definition) is 0. The topological polar surface area (TPSA) is 18.5 Å². The van der Waals surface area contributed by atoms with Gasteiger partial charge in [0.05, 0.1) is 0 Å². The van der Waals surface area contributed by atoms with Gasteiger partial charge in [-0.1, -0.05) is 12.8 Å². The lowest BCUT2D eigenvalue weighted by atomic mass is 10.1. The fourth-order valence-electron chi connectivity index (χ4n) is 1.65. The maximum Gasteiger partial charge on any atom is 0.163 e. The van der Waals surface area contributed by atoms with Crippen molar-refractivity contribution in [2.24, 2.45) is 0 Å². The molecule has 0 saturated heterocycles. The zero-order valence-electron chi connectivity index (χ0n) is 8.14. The Hall–Kier alpha value is -0.0800. The average molecular weight is 171 g/mol. The van der Waals surface area contributed by atoms with Crippen molar-refractivity contribution < 1.29 is 9.47 Å². The highest BCUT2D eigenvalue weighted by atomic mass is 16.7. The summed E-state index contributed by atoms with van der Waals surface area (Å²) in [6, 6.07) is 0. The Kier molecular flexibility index (Phi) is 4.62. The fourth-order valence-corrected chi connectivity index (χ4v) is 1.65. The number of rotatable bonds is 5. The van der Waals surface area contributed by atoms with E-state index in [1.165, 1.54) is 31.6 Å². The van der Waals surface area contributed by atoms with E-state index in [1.807, 2.05) is 13.8 Å². The lowest BCUT2D eigenvalue weighted by molar-refractivity contribution is -0.126. The molecule has 1 fully saturated rings. The first-order valence-electron chi connectivity index (χ1n) is 4.96. The molecule has 71 valence electrons. The van der Waals surface area contributed by atoms with Gasteiger partial charge >= 0.3 is 0 Å². The molecule has 1 aliphatic rings. The summed E-state index contributed by atoms with van der Waals surface area (Å²) in [5, 5.41) is 0. The molecule has 0 amide bonds. The Balaban J connectivity index is 2.29. The molecule has 1 radical (unpaired) electrons. The van der Waals surface area contributed by atoms with E-state index in [9.17, 15) is 0 Å². The lowest BCUT2D eigenvalue weighted by Crippen LogP contribution is -2.23. The predicted octanol–water partition coefficient (Wildman–Crippen LogP) is 2.53. The minimum absolute atomic E-state index is 0.0116. The first-order chi connectivity index (χ1) is 5.88. The first kappa shape index (κ1) is 10.0. The van der Waals surface area contributed by atoms with Crippen LogP contribution in [0, 0.1) is 5.92 Å². The van der Waals surface area contributed by atoms with E-state index in [2.05, 4.69) is 0 Å². The van der Waals surface area contributed by atoms with Gasteiger partial charge in [0.1, 0.15) is 0 Å². The summed E-state index contributed by atoms with van der Waals surface area (Å²) < 4.78 is 11.0. The van der Waals surface area contributed by atoms with Gasteiger partial charge < -0.3 is 9.47 Å². The van der Waals surface area contributed by atoms with Gasteiger partial charge in [0.15, 0.2) is 6.29 Å². The Morgan fingerprint density at radius 1 is 1.08 bits per heavy atom. The van der Waals surface area contributed by atoms with Crippen LogP contribution in [0.4, 0.5) is 0 Å². The predicted molar refractivity (Wildman–Crippen MR) is 48.8 cm³/mol. The minimum atomic E-state index is -0.0116. The maximum atomic E-state index is 5.51. The molecule has 0 spiro atoms. The molecule has 1 aliphatic carbocycles. The summed E-state index contributed by atoms with van der Waals surface area (Å²) in [4.78, 5) is 0. The molecule has 2 nitrogen and oxygen atoms in total. The van der Waals surface area contributed by atoms with Crippen LogP contribution in [0.15, 0.2) is 0 Å². The third kappa shape index (κ3) is 2.76. The Morgan fingerprint density at radius 3 is 2.00 bits per heavy atom. The Morgan fingerprint density at radius 2 is 1.58 bits per heavy atom. The monoisotopic (exact) mass is 171 g/mol. The van der Waals surface area contributed by atoms with E-state index in [4.69, 9.17) is 9.47 Å². The van der Waals surface area contributed by atoms with Gasteiger partial charge in [0.2, 0.25) is 0 Å². The van der Waals surface area contributed by atoms with Crippen LogP contribution in [0.3, 0.4) is 0 Å². The molecular formula is C10H19O2. The van der Waals surface area contributed by atoms with Gasteiger partial charge in [-0.3, -0.25) is 0 Å². The van der Waals surface area contributed by atoms with Crippen LogP contribution in [0.2, 0.25) is 0 Å². The average Bonchev–Trinajstić information content (AvgIpc) is 2.56. The fraction of sp³-hybridized carbons (Fsp3) is 0.900. The van der Waals surface area contributed by atoms with Gasteiger partial charge in [-0.25, -0.2) is 0 Å².